The second-order valence-electron chi connectivity index (χ2n) is 8.06. The molecule has 8 nitrogen and oxygen atoms in total. The molecule has 2 N–H and O–H groups in total. The fraction of sp³-hybridized carbons (Fsp3) is 0.391. The van der Waals surface area contributed by atoms with Gasteiger partial charge in [0.1, 0.15) is 5.75 Å². The Morgan fingerprint density at radius 3 is 2.64 bits per heavy atom. The number of rotatable bonds is 6. The lowest BCUT2D eigenvalue weighted by molar-refractivity contribution is -0.133. The standard InChI is InChI=1S/C23H27N3O5S2/c1-31-17-8-6-7-16(13-17)15-24-33(29,30)18-9-10-20-19(14-18)25-22(27)21(32-20)23(28)26-11-4-2-3-5-12-26/h6-10,13-14,21,24H,2-5,11-12,15H2,1H3,(H,25,27)/t21-/m1/s1. The number of carbonyl (C=O) groups excluding carboxylic acids is 2. The van der Waals surface area contributed by atoms with Crippen LogP contribution in [-0.4, -0.2) is 50.6 Å². The number of sulfonamides is 1. The van der Waals surface area contributed by atoms with Crippen LogP contribution in [0, 0.1) is 0 Å². The molecule has 33 heavy (non-hydrogen) atoms. The monoisotopic (exact) mass is 489 g/mol. The number of thioether (sulfide) groups is 1. The molecule has 0 aliphatic carbocycles. The largest absolute Gasteiger partial charge is 0.497 e. The molecule has 0 spiro atoms. The second kappa shape index (κ2) is 10.1. The number of benzene rings is 2. The minimum Gasteiger partial charge on any atom is -0.497 e. The van der Waals surface area contributed by atoms with Crippen molar-refractivity contribution in [3.8, 4) is 5.75 Å². The zero-order valence-corrected chi connectivity index (χ0v) is 20.0. The Morgan fingerprint density at radius 2 is 1.91 bits per heavy atom. The van der Waals surface area contributed by atoms with Gasteiger partial charge in [0.2, 0.25) is 21.8 Å². The van der Waals surface area contributed by atoms with Crippen LogP contribution in [0.5, 0.6) is 5.75 Å². The Morgan fingerprint density at radius 1 is 1.15 bits per heavy atom. The molecule has 0 unspecified atom stereocenters. The van der Waals surface area contributed by atoms with Gasteiger partial charge in [-0.15, -0.1) is 11.8 Å². The smallest absolute Gasteiger partial charge is 0.247 e. The lowest BCUT2D eigenvalue weighted by Crippen LogP contribution is -2.45. The third-order valence-corrected chi connectivity index (χ3v) is 8.40. The highest BCUT2D eigenvalue weighted by Crippen LogP contribution is 2.38. The highest BCUT2D eigenvalue weighted by atomic mass is 32.2. The predicted octanol–water partition coefficient (Wildman–Crippen LogP) is 2.99. The van der Waals surface area contributed by atoms with Crippen molar-refractivity contribution in [3.63, 3.8) is 0 Å². The van der Waals surface area contributed by atoms with Gasteiger partial charge >= 0.3 is 0 Å². The molecule has 2 aliphatic rings. The molecule has 10 heteroatoms. The predicted molar refractivity (Wildman–Crippen MR) is 127 cm³/mol. The van der Waals surface area contributed by atoms with Gasteiger partial charge in [-0.2, -0.15) is 0 Å². The van der Waals surface area contributed by atoms with Crippen molar-refractivity contribution >= 4 is 39.3 Å². The van der Waals surface area contributed by atoms with E-state index in [2.05, 4.69) is 10.0 Å². The van der Waals surface area contributed by atoms with E-state index in [0.29, 0.717) is 29.4 Å². The van der Waals surface area contributed by atoms with Gasteiger partial charge in [-0.1, -0.05) is 25.0 Å². The first-order valence-electron chi connectivity index (χ1n) is 10.9. The Balaban J connectivity index is 1.46. The fourth-order valence-corrected chi connectivity index (χ4v) is 6.02. The molecule has 2 amide bonds. The number of fused-ring (bicyclic) bond motifs is 1. The van der Waals surface area contributed by atoms with Gasteiger partial charge in [0, 0.05) is 24.5 Å². The summed E-state index contributed by atoms with van der Waals surface area (Å²) in [5.41, 5.74) is 1.16. The Labute approximate surface area is 198 Å². The van der Waals surface area contributed by atoms with Crippen LogP contribution in [0.3, 0.4) is 0 Å². The summed E-state index contributed by atoms with van der Waals surface area (Å²) in [6, 6.07) is 11.7. The number of nitrogens with one attached hydrogen (secondary N) is 2. The number of hydrogen-bond acceptors (Lipinski definition) is 6. The molecule has 0 saturated carbocycles. The summed E-state index contributed by atoms with van der Waals surface area (Å²) in [6.07, 6.45) is 4.09. The molecule has 1 saturated heterocycles. The highest BCUT2D eigenvalue weighted by molar-refractivity contribution is 8.01. The molecule has 2 aromatic rings. The van der Waals surface area contributed by atoms with Crippen molar-refractivity contribution in [2.24, 2.45) is 0 Å². The van der Waals surface area contributed by atoms with E-state index in [1.165, 1.54) is 23.9 Å². The molecule has 2 aliphatic heterocycles. The molecule has 1 fully saturated rings. The molecule has 1 atom stereocenters. The van der Waals surface area contributed by atoms with Crippen molar-refractivity contribution in [1.29, 1.82) is 0 Å². The molecule has 2 aromatic carbocycles. The van der Waals surface area contributed by atoms with Crippen molar-refractivity contribution in [1.82, 2.24) is 9.62 Å². The number of methoxy groups -OCH3 is 1. The quantitative estimate of drug-likeness (QED) is 0.605. The number of carbonyl (C=O) groups is 2. The Bertz CT molecular complexity index is 1140. The van der Waals surface area contributed by atoms with Gasteiger partial charge in [-0.05, 0) is 48.7 Å². The summed E-state index contributed by atoms with van der Waals surface area (Å²) in [4.78, 5) is 28.1. The number of likely N-dealkylation sites (tertiary alicyclic amines) is 1. The topological polar surface area (TPSA) is 105 Å². The zero-order valence-electron chi connectivity index (χ0n) is 18.4. The maximum Gasteiger partial charge on any atom is 0.247 e. The maximum absolute atomic E-state index is 12.9. The van der Waals surface area contributed by atoms with Crippen LogP contribution in [-0.2, 0) is 26.2 Å². The normalized spacial score (nSPS) is 18.8. The first-order valence-corrected chi connectivity index (χ1v) is 13.3. The summed E-state index contributed by atoms with van der Waals surface area (Å²) in [5.74, 6) is 0.0480. The number of hydrogen-bond donors (Lipinski definition) is 2. The van der Waals surface area contributed by atoms with Gasteiger partial charge in [-0.25, -0.2) is 13.1 Å². The first kappa shape index (κ1) is 23.6. The van der Waals surface area contributed by atoms with Gasteiger partial charge < -0.3 is 15.0 Å². The summed E-state index contributed by atoms with van der Waals surface area (Å²) >= 11 is 1.17. The van der Waals surface area contributed by atoms with Crippen LogP contribution in [0.15, 0.2) is 52.3 Å². The van der Waals surface area contributed by atoms with E-state index in [9.17, 15) is 18.0 Å². The number of ether oxygens (including phenoxy) is 1. The Hall–Kier alpha value is -2.56. The highest BCUT2D eigenvalue weighted by Gasteiger charge is 2.36. The van der Waals surface area contributed by atoms with E-state index in [1.807, 2.05) is 0 Å². The van der Waals surface area contributed by atoms with Gasteiger partial charge in [-0.3, -0.25) is 9.59 Å². The van der Waals surface area contributed by atoms with E-state index in [-0.39, 0.29) is 17.3 Å². The first-order chi connectivity index (χ1) is 15.9. The summed E-state index contributed by atoms with van der Waals surface area (Å²) in [6.45, 7) is 1.45. The molecule has 176 valence electrons. The average molecular weight is 490 g/mol. The lowest BCUT2D eigenvalue weighted by Gasteiger charge is -2.28. The minimum absolute atomic E-state index is 0.0438. The molecule has 4 rings (SSSR count). The SMILES string of the molecule is COc1cccc(CNS(=O)(=O)c2ccc3c(c2)NC(=O)[C@H](C(=O)N2CCCCCC2)S3)c1. The van der Waals surface area contributed by atoms with Gasteiger partial charge in [0.05, 0.1) is 17.7 Å². The maximum atomic E-state index is 12.9. The zero-order chi connectivity index (χ0) is 23.4. The minimum atomic E-state index is -3.81. The van der Waals surface area contributed by atoms with Crippen LogP contribution < -0.4 is 14.8 Å². The van der Waals surface area contributed by atoms with Crippen molar-refractivity contribution in [2.45, 2.75) is 47.3 Å². The van der Waals surface area contributed by atoms with E-state index in [0.717, 1.165) is 31.2 Å². The third-order valence-electron chi connectivity index (χ3n) is 5.74. The van der Waals surface area contributed by atoms with Gasteiger partial charge in [0.25, 0.3) is 0 Å². The van der Waals surface area contributed by atoms with E-state index < -0.39 is 21.2 Å². The number of nitrogens with zero attached hydrogens (tertiary/aromatic N) is 1. The molecular weight excluding hydrogens is 462 g/mol. The van der Waals surface area contributed by atoms with Crippen LogP contribution in [0.25, 0.3) is 0 Å². The summed E-state index contributed by atoms with van der Waals surface area (Å²) in [7, 11) is -2.26. The number of anilines is 1. The van der Waals surface area contributed by atoms with E-state index in [1.54, 1.807) is 42.3 Å². The van der Waals surface area contributed by atoms with E-state index >= 15 is 0 Å². The van der Waals surface area contributed by atoms with Crippen molar-refractivity contribution in [3.05, 3.63) is 48.0 Å². The number of amides is 2. The van der Waals surface area contributed by atoms with Crippen LogP contribution in [0.2, 0.25) is 0 Å². The fourth-order valence-electron chi connectivity index (χ4n) is 3.92. The molecule has 2 heterocycles. The van der Waals surface area contributed by atoms with E-state index in [4.69, 9.17) is 4.74 Å². The average Bonchev–Trinajstić information content (AvgIpc) is 3.11. The van der Waals surface area contributed by atoms with Crippen LogP contribution in [0.4, 0.5) is 5.69 Å². The molecule has 0 radical (unpaired) electrons. The van der Waals surface area contributed by atoms with Crippen molar-refractivity contribution in [2.75, 3.05) is 25.5 Å². The molecule has 0 bridgehead atoms. The third kappa shape index (κ3) is 5.51. The second-order valence-corrected chi connectivity index (χ2v) is 11.0. The molecule has 0 aromatic heterocycles. The van der Waals surface area contributed by atoms with Crippen LogP contribution in [0.1, 0.15) is 31.2 Å². The van der Waals surface area contributed by atoms with Gasteiger partial charge in [0.15, 0.2) is 5.25 Å². The Kier molecular flexibility index (Phi) is 7.26. The summed E-state index contributed by atoms with van der Waals surface area (Å²) in [5, 5.41) is 1.87. The summed E-state index contributed by atoms with van der Waals surface area (Å²) < 4.78 is 33.4. The van der Waals surface area contributed by atoms with Crippen molar-refractivity contribution < 1.29 is 22.7 Å². The van der Waals surface area contributed by atoms with Crippen LogP contribution >= 0.6 is 11.8 Å². The lowest BCUT2D eigenvalue weighted by atomic mass is 10.2. The molecular formula is C23H27N3O5S2.